The second-order valence-electron chi connectivity index (χ2n) is 4.18. The van der Waals surface area contributed by atoms with Gasteiger partial charge >= 0.3 is 6.18 Å². The number of benzene rings is 1. The predicted octanol–water partition coefficient (Wildman–Crippen LogP) is 2.34. The standard InChI is InChI=1S/C12H11BrF4N2O2/c1-19(5-10(20)18-6-12(15,16)17)11(21)7-2-3-9(14)8(13)4-7/h2-4H,5-6H2,1H3,(H,18,20). The Bertz CT molecular complexity index is 549. The van der Waals surface area contributed by atoms with Gasteiger partial charge in [-0.05, 0) is 34.1 Å². The number of hydrogen-bond donors (Lipinski definition) is 1. The topological polar surface area (TPSA) is 49.4 Å². The highest BCUT2D eigenvalue weighted by molar-refractivity contribution is 9.10. The number of hydrogen-bond acceptors (Lipinski definition) is 2. The van der Waals surface area contributed by atoms with Gasteiger partial charge in [0.15, 0.2) is 0 Å². The van der Waals surface area contributed by atoms with E-state index in [-0.39, 0.29) is 10.0 Å². The highest BCUT2D eigenvalue weighted by atomic mass is 79.9. The van der Waals surface area contributed by atoms with Crippen molar-refractivity contribution in [2.24, 2.45) is 0 Å². The van der Waals surface area contributed by atoms with Gasteiger partial charge < -0.3 is 10.2 Å². The lowest BCUT2D eigenvalue weighted by atomic mass is 10.2. The zero-order valence-electron chi connectivity index (χ0n) is 10.8. The quantitative estimate of drug-likeness (QED) is 0.827. The Morgan fingerprint density at radius 1 is 1.33 bits per heavy atom. The second kappa shape index (κ2) is 6.88. The van der Waals surface area contributed by atoms with Gasteiger partial charge in [-0.25, -0.2) is 4.39 Å². The van der Waals surface area contributed by atoms with Crippen LogP contribution in [-0.4, -0.2) is 43.0 Å². The highest BCUT2D eigenvalue weighted by Gasteiger charge is 2.28. The summed E-state index contributed by atoms with van der Waals surface area (Å²) < 4.78 is 48.9. The fourth-order valence-electron chi connectivity index (χ4n) is 1.39. The summed E-state index contributed by atoms with van der Waals surface area (Å²) in [7, 11) is 1.26. The Kier molecular flexibility index (Phi) is 5.70. The lowest BCUT2D eigenvalue weighted by Gasteiger charge is -2.17. The third-order valence-electron chi connectivity index (χ3n) is 2.38. The Labute approximate surface area is 126 Å². The molecule has 21 heavy (non-hydrogen) atoms. The van der Waals surface area contributed by atoms with Crippen LogP contribution in [0.15, 0.2) is 22.7 Å². The van der Waals surface area contributed by atoms with Crippen LogP contribution < -0.4 is 5.32 Å². The average molecular weight is 371 g/mol. The fourth-order valence-corrected chi connectivity index (χ4v) is 1.77. The van der Waals surface area contributed by atoms with Crippen LogP contribution in [0.1, 0.15) is 10.4 Å². The Balaban J connectivity index is 2.62. The molecule has 0 aromatic heterocycles. The van der Waals surface area contributed by atoms with Gasteiger partial charge in [0.2, 0.25) is 5.91 Å². The Morgan fingerprint density at radius 2 is 1.95 bits per heavy atom. The molecule has 0 fully saturated rings. The molecule has 1 aromatic rings. The van der Waals surface area contributed by atoms with Gasteiger partial charge in [-0.2, -0.15) is 13.2 Å². The van der Waals surface area contributed by atoms with Crippen molar-refractivity contribution < 1.29 is 27.2 Å². The van der Waals surface area contributed by atoms with Crippen molar-refractivity contribution in [2.75, 3.05) is 20.1 Å². The molecule has 2 amide bonds. The number of rotatable bonds is 4. The molecule has 0 heterocycles. The van der Waals surface area contributed by atoms with Crippen LogP contribution in [0.25, 0.3) is 0 Å². The molecular weight excluding hydrogens is 360 g/mol. The number of nitrogens with zero attached hydrogens (tertiary/aromatic N) is 1. The molecule has 116 valence electrons. The normalized spacial score (nSPS) is 11.1. The maximum absolute atomic E-state index is 13.0. The first-order valence-electron chi connectivity index (χ1n) is 5.64. The van der Waals surface area contributed by atoms with Crippen molar-refractivity contribution in [3.05, 3.63) is 34.1 Å². The van der Waals surface area contributed by atoms with Crippen molar-refractivity contribution in [2.45, 2.75) is 6.18 Å². The Morgan fingerprint density at radius 3 is 2.48 bits per heavy atom. The van der Waals surface area contributed by atoms with Crippen molar-refractivity contribution in [1.82, 2.24) is 10.2 Å². The number of alkyl halides is 3. The molecule has 4 nitrogen and oxygen atoms in total. The summed E-state index contributed by atoms with van der Waals surface area (Å²) in [6.45, 7) is -2.00. The molecule has 0 saturated carbocycles. The lowest BCUT2D eigenvalue weighted by molar-refractivity contribution is -0.138. The van der Waals surface area contributed by atoms with E-state index in [9.17, 15) is 27.2 Å². The van der Waals surface area contributed by atoms with Crippen LogP contribution in [0.4, 0.5) is 17.6 Å². The van der Waals surface area contributed by atoms with E-state index in [4.69, 9.17) is 0 Å². The molecule has 9 heteroatoms. The first kappa shape index (κ1) is 17.4. The number of amides is 2. The van der Waals surface area contributed by atoms with Gasteiger partial charge in [0, 0.05) is 12.6 Å². The summed E-state index contributed by atoms with van der Waals surface area (Å²) in [4.78, 5) is 24.1. The minimum Gasteiger partial charge on any atom is -0.345 e. The van der Waals surface area contributed by atoms with Gasteiger partial charge in [-0.15, -0.1) is 0 Å². The first-order valence-corrected chi connectivity index (χ1v) is 6.43. The van der Waals surface area contributed by atoms with Crippen LogP contribution in [0.3, 0.4) is 0 Å². The summed E-state index contributed by atoms with van der Waals surface area (Å²) in [6, 6.07) is 3.50. The molecule has 0 bridgehead atoms. The van der Waals surface area contributed by atoms with Gasteiger partial charge in [0.05, 0.1) is 11.0 Å². The third-order valence-corrected chi connectivity index (χ3v) is 2.99. The zero-order chi connectivity index (χ0) is 16.2. The van der Waals surface area contributed by atoms with Crippen LogP contribution in [0, 0.1) is 5.82 Å². The molecule has 0 aliphatic carbocycles. The van der Waals surface area contributed by atoms with E-state index in [1.165, 1.54) is 19.2 Å². The predicted molar refractivity (Wildman–Crippen MR) is 70.1 cm³/mol. The summed E-state index contributed by atoms with van der Waals surface area (Å²) >= 11 is 2.91. The van der Waals surface area contributed by atoms with E-state index < -0.39 is 36.9 Å². The summed E-state index contributed by atoms with van der Waals surface area (Å²) in [5.41, 5.74) is 0.106. The molecule has 1 N–H and O–H groups in total. The monoisotopic (exact) mass is 370 g/mol. The van der Waals surface area contributed by atoms with Gasteiger partial charge in [0.25, 0.3) is 5.91 Å². The number of carbonyl (C=O) groups excluding carboxylic acids is 2. The van der Waals surface area contributed by atoms with Crippen LogP contribution >= 0.6 is 15.9 Å². The number of nitrogens with one attached hydrogen (secondary N) is 1. The smallest absolute Gasteiger partial charge is 0.345 e. The van der Waals surface area contributed by atoms with E-state index in [1.54, 1.807) is 5.32 Å². The van der Waals surface area contributed by atoms with Gasteiger partial charge in [-0.1, -0.05) is 0 Å². The molecular formula is C12H11BrF4N2O2. The van der Waals surface area contributed by atoms with E-state index in [0.29, 0.717) is 0 Å². The van der Waals surface area contributed by atoms with Crippen LogP contribution in [0.5, 0.6) is 0 Å². The van der Waals surface area contributed by atoms with Crippen molar-refractivity contribution in [1.29, 1.82) is 0 Å². The summed E-state index contributed by atoms with van der Waals surface area (Å²) in [5.74, 6) is -2.11. The minimum absolute atomic E-state index is 0.0725. The first-order chi connectivity index (χ1) is 9.60. The third kappa shape index (κ3) is 5.70. The molecule has 1 rings (SSSR count). The number of halogens is 5. The molecule has 1 aromatic carbocycles. The highest BCUT2D eigenvalue weighted by Crippen LogP contribution is 2.17. The largest absolute Gasteiger partial charge is 0.405 e. The van der Waals surface area contributed by atoms with E-state index in [1.807, 2.05) is 0 Å². The summed E-state index contributed by atoms with van der Waals surface area (Å²) in [6.07, 6.45) is -4.51. The molecule has 0 unspecified atom stereocenters. The van der Waals surface area contributed by atoms with E-state index in [2.05, 4.69) is 15.9 Å². The maximum atomic E-state index is 13.0. The Hall–Kier alpha value is -1.64. The van der Waals surface area contributed by atoms with Crippen LogP contribution in [-0.2, 0) is 4.79 Å². The number of carbonyl (C=O) groups is 2. The van der Waals surface area contributed by atoms with Gasteiger partial charge in [-0.3, -0.25) is 9.59 Å². The minimum atomic E-state index is -4.51. The summed E-state index contributed by atoms with van der Waals surface area (Å²) in [5, 5.41) is 1.65. The van der Waals surface area contributed by atoms with Crippen molar-refractivity contribution in [3.63, 3.8) is 0 Å². The molecule has 0 radical (unpaired) electrons. The fraction of sp³-hybridized carbons (Fsp3) is 0.333. The van der Waals surface area contributed by atoms with Crippen molar-refractivity contribution in [3.8, 4) is 0 Å². The van der Waals surface area contributed by atoms with Crippen LogP contribution in [0.2, 0.25) is 0 Å². The molecule has 0 aliphatic rings. The van der Waals surface area contributed by atoms with E-state index in [0.717, 1.165) is 11.0 Å². The molecule has 0 aliphatic heterocycles. The SMILES string of the molecule is CN(CC(=O)NCC(F)(F)F)C(=O)c1ccc(F)c(Br)c1. The lowest BCUT2D eigenvalue weighted by Crippen LogP contribution is -2.41. The van der Waals surface area contributed by atoms with E-state index >= 15 is 0 Å². The van der Waals surface area contributed by atoms with Crippen molar-refractivity contribution >= 4 is 27.7 Å². The molecule has 0 atom stereocenters. The second-order valence-corrected chi connectivity index (χ2v) is 5.04. The zero-order valence-corrected chi connectivity index (χ0v) is 12.4. The molecule has 0 spiro atoms. The maximum Gasteiger partial charge on any atom is 0.405 e. The number of likely N-dealkylation sites (N-methyl/N-ethyl adjacent to an activating group) is 1. The average Bonchev–Trinajstić information content (AvgIpc) is 2.38. The van der Waals surface area contributed by atoms with Gasteiger partial charge in [0.1, 0.15) is 12.4 Å². The molecule has 0 saturated heterocycles.